The van der Waals surface area contributed by atoms with Crippen LogP contribution in [0.2, 0.25) is 0 Å². The smallest absolute Gasteiger partial charge is 0.274 e. The highest BCUT2D eigenvalue weighted by Gasteiger charge is 2.23. The fourth-order valence-electron chi connectivity index (χ4n) is 2.29. The average Bonchev–Trinajstić information content (AvgIpc) is 2.83. The molecule has 0 fully saturated rings. The summed E-state index contributed by atoms with van der Waals surface area (Å²) in [5, 5.41) is 6.44. The van der Waals surface area contributed by atoms with Crippen LogP contribution in [-0.2, 0) is 13.0 Å². The number of nitrogens with zero attached hydrogens (tertiary/aromatic N) is 2. The van der Waals surface area contributed by atoms with Gasteiger partial charge in [0.05, 0.1) is 11.9 Å². The molecule has 2 aromatic rings. The number of nitrogens with two attached hydrogens (primary N) is 1. The number of benzene rings is 1. The molecule has 1 aliphatic rings. The lowest BCUT2D eigenvalue weighted by Crippen LogP contribution is -2.36. The first-order valence-electron chi connectivity index (χ1n) is 5.90. The quantitative estimate of drug-likeness (QED) is 0.788. The van der Waals surface area contributed by atoms with Crippen LogP contribution in [0.15, 0.2) is 30.5 Å². The molecule has 0 radical (unpaired) electrons. The minimum Gasteiger partial charge on any atom is -0.396 e. The third kappa shape index (κ3) is 1.73. The largest absolute Gasteiger partial charge is 0.396 e. The molecule has 0 unspecified atom stereocenters. The van der Waals surface area contributed by atoms with Gasteiger partial charge in [0.25, 0.3) is 5.91 Å². The van der Waals surface area contributed by atoms with Gasteiger partial charge >= 0.3 is 0 Å². The maximum absolute atomic E-state index is 12.3. The molecule has 18 heavy (non-hydrogen) atoms. The van der Waals surface area contributed by atoms with E-state index in [1.165, 1.54) is 17.3 Å². The number of carbonyl (C=O) groups excluding carboxylic acids is 1. The minimum absolute atomic E-state index is 0.0838. The number of aromatic nitrogens is 2. The highest BCUT2D eigenvalue weighted by molar-refractivity contribution is 5.97. The number of hydrogen-bond donors (Lipinski definition) is 2. The number of anilines is 1. The second kappa shape index (κ2) is 4.18. The number of hydrogen-bond acceptors (Lipinski definition) is 3. The van der Waals surface area contributed by atoms with E-state index >= 15 is 0 Å². The van der Waals surface area contributed by atoms with Gasteiger partial charge < -0.3 is 10.6 Å². The van der Waals surface area contributed by atoms with E-state index in [2.05, 4.69) is 22.3 Å². The highest BCUT2D eigenvalue weighted by atomic mass is 16.2. The van der Waals surface area contributed by atoms with Gasteiger partial charge in [-0.15, -0.1) is 0 Å². The molecule has 0 atom stereocenters. The van der Waals surface area contributed by atoms with Crippen LogP contribution in [0.4, 0.5) is 5.69 Å². The predicted octanol–water partition coefficient (Wildman–Crippen LogP) is 1.19. The number of nitrogen functional groups attached to an aromatic ring is 1. The number of carbonyl (C=O) groups is 1. The molecule has 1 amide bonds. The zero-order valence-electron chi connectivity index (χ0n) is 9.89. The van der Waals surface area contributed by atoms with E-state index < -0.39 is 0 Å². The molecule has 0 aliphatic carbocycles. The van der Waals surface area contributed by atoms with Crippen molar-refractivity contribution in [1.82, 2.24) is 15.1 Å². The summed E-state index contributed by atoms with van der Waals surface area (Å²) >= 11 is 0. The molecule has 1 aliphatic heterocycles. The second-order valence-corrected chi connectivity index (χ2v) is 4.45. The van der Waals surface area contributed by atoms with Crippen molar-refractivity contribution in [2.75, 3.05) is 12.3 Å². The Morgan fingerprint density at radius 3 is 2.83 bits per heavy atom. The van der Waals surface area contributed by atoms with Crippen molar-refractivity contribution in [2.45, 2.75) is 13.0 Å². The molecule has 5 heteroatoms. The van der Waals surface area contributed by atoms with E-state index in [1.54, 1.807) is 4.90 Å². The van der Waals surface area contributed by atoms with Crippen molar-refractivity contribution < 1.29 is 4.79 Å². The molecule has 1 aromatic heterocycles. The standard InChI is InChI=1S/C13H14N4O/c14-11-7-15-16-12(11)13(18)17-6-5-9-3-1-2-4-10(9)8-17/h1-4,7H,5-6,8,14H2,(H,15,16). The second-order valence-electron chi connectivity index (χ2n) is 4.45. The summed E-state index contributed by atoms with van der Waals surface area (Å²) in [5.41, 5.74) is 9.01. The van der Waals surface area contributed by atoms with E-state index in [1.807, 2.05) is 12.1 Å². The Kier molecular flexibility index (Phi) is 2.51. The minimum atomic E-state index is -0.0838. The molecular weight excluding hydrogens is 228 g/mol. The zero-order chi connectivity index (χ0) is 12.5. The van der Waals surface area contributed by atoms with E-state index in [-0.39, 0.29) is 5.91 Å². The third-order valence-electron chi connectivity index (χ3n) is 3.30. The van der Waals surface area contributed by atoms with Crippen LogP contribution in [0.25, 0.3) is 0 Å². The molecule has 5 nitrogen and oxygen atoms in total. The molecule has 1 aromatic carbocycles. The molecule has 92 valence electrons. The van der Waals surface area contributed by atoms with Gasteiger partial charge in [0.2, 0.25) is 0 Å². The summed E-state index contributed by atoms with van der Waals surface area (Å²) in [5.74, 6) is -0.0838. The molecule has 0 saturated carbocycles. The van der Waals surface area contributed by atoms with Crippen LogP contribution in [0.5, 0.6) is 0 Å². The Morgan fingerprint density at radius 2 is 2.11 bits per heavy atom. The van der Waals surface area contributed by atoms with Gasteiger partial charge in [-0.05, 0) is 17.5 Å². The van der Waals surface area contributed by atoms with Crippen molar-refractivity contribution in [3.63, 3.8) is 0 Å². The number of fused-ring (bicyclic) bond motifs is 1. The van der Waals surface area contributed by atoms with Gasteiger partial charge in [0.1, 0.15) is 5.69 Å². The summed E-state index contributed by atoms with van der Waals surface area (Å²) in [7, 11) is 0. The molecule has 2 heterocycles. The molecule has 0 saturated heterocycles. The van der Waals surface area contributed by atoms with E-state index in [0.29, 0.717) is 24.5 Å². The summed E-state index contributed by atoms with van der Waals surface area (Å²) in [6, 6.07) is 8.20. The number of amides is 1. The molecule has 3 rings (SSSR count). The Hall–Kier alpha value is -2.30. The Labute approximate surface area is 105 Å². The van der Waals surface area contributed by atoms with Gasteiger partial charge in [-0.25, -0.2) is 0 Å². The number of H-pyrrole nitrogens is 1. The Morgan fingerprint density at radius 1 is 1.33 bits per heavy atom. The summed E-state index contributed by atoms with van der Waals surface area (Å²) in [6.07, 6.45) is 2.35. The van der Waals surface area contributed by atoms with Gasteiger partial charge in [-0.2, -0.15) is 5.10 Å². The first-order chi connectivity index (χ1) is 8.75. The molecular formula is C13H14N4O. The fourth-order valence-corrected chi connectivity index (χ4v) is 2.29. The predicted molar refractivity (Wildman–Crippen MR) is 67.9 cm³/mol. The highest BCUT2D eigenvalue weighted by Crippen LogP contribution is 2.20. The fraction of sp³-hybridized carbons (Fsp3) is 0.231. The van der Waals surface area contributed by atoms with Crippen LogP contribution >= 0.6 is 0 Å². The summed E-state index contributed by atoms with van der Waals surface area (Å²) in [4.78, 5) is 14.1. The average molecular weight is 242 g/mol. The normalized spacial score (nSPS) is 14.3. The third-order valence-corrected chi connectivity index (χ3v) is 3.30. The lowest BCUT2D eigenvalue weighted by molar-refractivity contribution is 0.0730. The van der Waals surface area contributed by atoms with Crippen molar-refractivity contribution in [2.24, 2.45) is 0 Å². The number of rotatable bonds is 1. The van der Waals surface area contributed by atoms with Gasteiger partial charge in [-0.3, -0.25) is 9.89 Å². The van der Waals surface area contributed by atoms with Crippen LogP contribution in [0, 0.1) is 0 Å². The number of aromatic amines is 1. The van der Waals surface area contributed by atoms with Crippen molar-refractivity contribution in [3.05, 3.63) is 47.3 Å². The zero-order valence-corrected chi connectivity index (χ0v) is 9.89. The van der Waals surface area contributed by atoms with Gasteiger partial charge in [0, 0.05) is 13.1 Å². The van der Waals surface area contributed by atoms with Crippen molar-refractivity contribution in [1.29, 1.82) is 0 Å². The molecule has 0 spiro atoms. The van der Waals surface area contributed by atoms with Crippen molar-refractivity contribution in [3.8, 4) is 0 Å². The Balaban J connectivity index is 1.84. The lowest BCUT2D eigenvalue weighted by atomic mass is 10.00. The lowest BCUT2D eigenvalue weighted by Gasteiger charge is -2.28. The SMILES string of the molecule is Nc1cn[nH]c1C(=O)N1CCc2ccccc2C1. The van der Waals surface area contributed by atoms with Crippen LogP contribution < -0.4 is 5.73 Å². The first-order valence-corrected chi connectivity index (χ1v) is 5.90. The maximum Gasteiger partial charge on any atom is 0.274 e. The van der Waals surface area contributed by atoms with Crippen molar-refractivity contribution >= 4 is 11.6 Å². The van der Waals surface area contributed by atoms with Gasteiger partial charge in [0.15, 0.2) is 0 Å². The van der Waals surface area contributed by atoms with Crippen LogP contribution in [0.3, 0.4) is 0 Å². The summed E-state index contributed by atoms with van der Waals surface area (Å²) in [6.45, 7) is 1.35. The van der Waals surface area contributed by atoms with E-state index in [4.69, 9.17) is 5.73 Å². The Bertz CT molecular complexity index is 590. The molecule has 0 bridgehead atoms. The monoisotopic (exact) mass is 242 g/mol. The molecule has 3 N–H and O–H groups in total. The first kappa shape index (κ1) is 10.8. The van der Waals surface area contributed by atoms with Crippen LogP contribution in [-0.4, -0.2) is 27.5 Å². The van der Waals surface area contributed by atoms with Gasteiger partial charge in [-0.1, -0.05) is 24.3 Å². The van der Waals surface area contributed by atoms with E-state index in [0.717, 1.165) is 6.42 Å². The van der Waals surface area contributed by atoms with Crippen LogP contribution in [0.1, 0.15) is 21.6 Å². The van der Waals surface area contributed by atoms with E-state index in [9.17, 15) is 4.79 Å². The topological polar surface area (TPSA) is 75.0 Å². The maximum atomic E-state index is 12.3. The number of nitrogens with one attached hydrogen (secondary N) is 1. The summed E-state index contributed by atoms with van der Waals surface area (Å²) < 4.78 is 0.